The Kier molecular flexibility index (Phi) is 9.17. The van der Waals surface area contributed by atoms with E-state index in [0.717, 1.165) is 30.0 Å². The van der Waals surface area contributed by atoms with E-state index in [4.69, 9.17) is 9.47 Å². The van der Waals surface area contributed by atoms with Gasteiger partial charge in [-0.25, -0.2) is 0 Å². The first-order valence-corrected chi connectivity index (χ1v) is 11.0. The van der Waals surface area contributed by atoms with Gasteiger partial charge >= 0.3 is 11.9 Å². The molecule has 0 atom stereocenters. The standard InChI is InChI=1S/C25H34O4/c1-4-7-8-9-10-13-18-28-23(26)25(5-2,6-3)24(27)29-22-17-16-20-14-11-12-15-21(20)19-22/h11-12,14-17,19H,4-10,13,18H2,1-3H3. The Labute approximate surface area is 174 Å². The lowest BCUT2D eigenvalue weighted by Gasteiger charge is -2.26. The summed E-state index contributed by atoms with van der Waals surface area (Å²) in [6.07, 6.45) is 7.41. The largest absolute Gasteiger partial charge is 0.465 e. The number of unbranched alkanes of at least 4 members (excludes halogenated alkanes) is 5. The summed E-state index contributed by atoms with van der Waals surface area (Å²) in [6, 6.07) is 13.4. The molecule has 0 spiro atoms. The van der Waals surface area contributed by atoms with Gasteiger partial charge in [-0.1, -0.05) is 83.2 Å². The van der Waals surface area contributed by atoms with Crippen molar-refractivity contribution in [1.29, 1.82) is 0 Å². The van der Waals surface area contributed by atoms with Crippen molar-refractivity contribution in [3.8, 4) is 5.75 Å². The van der Waals surface area contributed by atoms with Crippen molar-refractivity contribution >= 4 is 22.7 Å². The molecule has 4 nitrogen and oxygen atoms in total. The third kappa shape index (κ3) is 6.06. The normalized spacial score (nSPS) is 11.4. The van der Waals surface area contributed by atoms with Gasteiger partial charge in [-0.15, -0.1) is 0 Å². The van der Waals surface area contributed by atoms with E-state index in [1.165, 1.54) is 19.3 Å². The van der Waals surface area contributed by atoms with Crippen molar-refractivity contribution in [3.63, 3.8) is 0 Å². The van der Waals surface area contributed by atoms with E-state index in [1.54, 1.807) is 6.07 Å². The number of fused-ring (bicyclic) bond motifs is 1. The SMILES string of the molecule is CCCCCCCCOC(=O)C(CC)(CC)C(=O)Oc1ccc2ccccc2c1. The van der Waals surface area contributed by atoms with Crippen molar-refractivity contribution in [1.82, 2.24) is 0 Å². The maximum atomic E-state index is 13.0. The predicted octanol–water partition coefficient (Wildman–Crippen LogP) is 6.46. The second-order valence-electron chi connectivity index (χ2n) is 7.59. The monoisotopic (exact) mass is 398 g/mol. The molecule has 0 bridgehead atoms. The fourth-order valence-corrected chi connectivity index (χ4v) is 3.53. The van der Waals surface area contributed by atoms with Crippen LogP contribution >= 0.6 is 0 Å². The molecule has 0 aromatic heterocycles. The summed E-state index contributed by atoms with van der Waals surface area (Å²) in [6.45, 7) is 6.21. The molecular weight excluding hydrogens is 364 g/mol. The van der Waals surface area contributed by atoms with Gasteiger partial charge in [0, 0.05) is 0 Å². The first kappa shape index (κ1) is 22.9. The highest BCUT2D eigenvalue weighted by molar-refractivity contribution is 6.01. The summed E-state index contributed by atoms with van der Waals surface area (Å²) in [7, 11) is 0. The van der Waals surface area contributed by atoms with Gasteiger partial charge < -0.3 is 9.47 Å². The van der Waals surface area contributed by atoms with Crippen LogP contribution in [0.25, 0.3) is 10.8 Å². The average molecular weight is 399 g/mol. The van der Waals surface area contributed by atoms with E-state index in [1.807, 2.05) is 50.2 Å². The topological polar surface area (TPSA) is 52.6 Å². The summed E-state index contributed by atoms with van der Waals surface area (Å²) in [4.78, 5) is 25.7. The number of ether oxygens (including phenoxy) is 2. The minimum atomic E-state index is -1.26. The van der Waals surface area contributed by atoms with E-state index in [9.17, 15) is 9.59 Å². The van der Waals surface area contributed by atoms with Crippen molar-refractivity contribution < 1.29 is 19.1 Å². The summed E-state index contributed by atoms with van der Waals surface area (Å²) >= 11 is 0. The maximum absolute atomic E-state index is 13.0. The molecule has 0 heterocycles. The molecule has 158 valence electrons. The van der Waals surface area contributed by atoms with Gasteiger partial charge in [0.1, 0.15) is 5.75 Å². The molecule has 0 aliphatic carbocycles. The number of hydrogen-bond donors (Lipinski definition) is 0. The third-order valence-electron chi connectivity index (χ3n) is 5.65. The second kappa shape index (κ2) is 11.6. The zero-order valence-corrected chi connectivity index (χ0v) is 18.0. The summed E-state index contributed by atoms with van der Waals surface area (Å²) in [5.74, 6) is -0.559. The van der Waals surface area contributed by atoms with Crippen LogP contribution in [0.5, 0.6) is 5.75 Å². The van der Waals surface area contributed by atoms with E-state index >= 15 is 0 Å². The molecule has 0 radical (unpaired) electrons. The quantitative estimate of drug-likeness (QED) is 0.178. The lowest BCUT2D eigenvalue weighted by Crippen LogP contribution is -2.42. The number of hydrogen-bond acceptors (Lipinski definition) is 4. The summed E-state index contributed by atoms with van der Waals surface area (Å²) in [5, 5.41) is 2.06. The van der Waals surface area contributed by atoms with Crippen molar-refractivity contribution in [3.05, 3.63) is 42.5 Å². The van der Waals surface area contributed by atoms with Gasteiger partial charge in [-0.3, -0.25) is 9.59 Å². The van der Waals surface area contributed by atoms with E-state index in [0.29, 0.717) is 25.2 Å². The van der Waals surface area contributed by atoms with Gasteiger partial charge in [0.2, 0.25) is 0 Å². The van der Waals surface area contributed by atoms with Crippen LogP contribution in [0.2, 0.25) is 0 Å². The highest BCUT2D eigenvalue weighted by Crippen LogP contribution is 2.32. The van der Waals surface area contributed by atoms with Gasteiger partial charge in [0.05, 0.1) is 6.61 Å². The minimum absolute atomic E-state index is 0.352. The predicted molar refractivity (Wildman–Crippen MR) is 117 cm³/mol. The van der Waals surface area contributed by atoms with Crippen LogP contribution in [0.15, 0.2) is 42.5 Å². The molecule has 0 N–H and O–H groups in total. The molecule has 0 saturated heterocycles. The lowest BCUT2D eigenvalue weighted by molar-refractivity contribution is -0.168. The van der Waals surface area contributed by atoms with Gasteiger partial charge in [-0.2, -0.15) is 0 Å². The van der Waals surface area contributed by atoms with Gasteiger partial charge in [0.25, 0.3) is 0 Å². The molecule has 2 aromatic carbocycles. The number of benzene rings is 2. The maximum Gasteiger partial charge on any atom is 0.328 e. The fraction of sp³-hybridized carbons (Fsp3) is 0.520. The number of carbonyl (C=O) groups is 2. The number of carbonyl (C=O) groups excluding carboxylic acids is 2. The third-order valence-corrected chi connectivity index (χ3v) is 5.65. The van der Waals surface area contributed by atoms with Crippen LogP contribution in [0, 0.1) is 5.41 Å². The van der Waals surface area contributed by atoms with Crippen molar-refractivity contribution in [2.24, 2.45) is 5.41 Å². The van der Waals surface area contributed by atoms with Crippen LogP contribution in [0.3, 0.4) is 0 Å². The second-order valence-corrected chi connectivity index (χ2v) is 7.59. The molecule has 0 fully saturated rings. The highest BCUT2D eigenvalue weighted by Gasteiger charge is 2.46. The lowest BCUT2D eigenvalue weighted by atomic mass is 9.82. The van der Waals surface area contributed by atoms with Gasteiger partial charge in [0.15, 0.2) is 5.41 Å². The zero-order valence-electron chi connectivity index (χ0n) is 18.0. The summed E-state index contributed by atoms with van der Waals surface area (Å²) in [5.41, 5.74) is -1.26. The number of rotatable bonds is 12. The molecule has 29 heavy (non-hydrogen) atoms. The molecule has 0 saturated carbocycles. The van der Waals surface area contributed by atoms with E-state index in [-0.39, 0.29) is 0 Å². The first-order chi connectivity index (χ1) is 14.1. The first-order valence-electron chi connectivity index (χ1n) is 11.0. The zero-order chi connectivity index (χ0) is 21.1. The Morgan fingerprint density at radius 1 is 0.793 bits per heavy atom. The Hall–Kier alpha value is -2.36. The minimum Gasteiger partial charge on any atom is -0.465 e. The molecule has 4 heteroatoms. The Morgan fingerprint density at radius 3 is 2.14 bits per heavy atom. The van der Waals surface area contributed by atoms with E-state index < -0.39 is 17.4 Å². The molecule has 2 rings (SSSR count). The average Bonchev–Trinajstić information content (AvgIpc) is 2.74. The Morgan fingerprint density at radius 2 is 1.45 bits per heavy atom. The molecule has 0 aliphatic rings. The Balaban J connectivity index is 1.97. The van der Waals surface area contributed by atoms with Crippen LogP contribution in [0.1, 0.15) is 72.1 Å². The fourth-order valence-electron chi connectivity index (χ4n) is 3.53. The van der Waals surface area contributed by atoms with Crippen molar-refractivity contribution in [2.75, 3.05) is 6.61 Å². The smallest absolute Gasteiger partial charge is 0.328 e. The van der Waals surface area contributed by atoms with Crippen LogP contribution < -0.4 is 4.74 Å². The molecule has 0 amide bonds. The molecular formula is C25H34O4. The number of esters is 2. The van der Waals surface area contributed by atoms with Gasteiger partial charge in [-0.05, 0) is 42.2 Å². The molecule has 0 unspecified atom stereocenters. The van der Waals surface area contributed by atoms with Crippen molar-refractivity contribution in [2.45, 2.75) is 72.1 Å². The van der Waals surface area contributed by atoms with E-state index in [2.05, 4.69) is 6.92 Å². The van der Waals surface area contributed by atoms with Crippen LogP contribution in [-0.4, -0.2) is 18.5 Å². The van der Waals surface area contributed by atoms with Crippen LogP contribution in [-0.2, 0) is 14.3 Å². The molecule has 0 aliphatic heterocycles. The summed E-state index contributed by atoms with van der Waals surface area (Å²) < 4.78 is 11.1. The Bertz CT molecular complexity index is 792. The molecule has 2 aromatic rings. The van der Waals surface area contributed by atoms with Crippen LogP contribution in [0.4, 0.5) is 0 Å². The highest BCUT2D eigenvalue weighted by atomic mass is 16.6.